The van der Waals surface area contributed by atoms with Gasteiger partial charge < -0.3 is 9.47 Å². The summed E-state index contributed by atoms with van der Waals surface area (Å²) in [5, 5.41) is 0. The number of hydrogen-bond donors (Lipinski definition) is 0. The van der Waals surface area contributed by atoms with Crippen LogP contribution >= 0.6 is 0 Å². The molecule has 0 fully saturated rings. The van der Waals surface area contributed by atoms with E-state index < -0.39 is 0 Å². The molecule has 1 atom stereocenters. The molecule has 0 aromatic heterocycles. The van der Waals surface area contributed by atoms with Crippen LogP contribution in [0, 0.1) is 5.92 Å². The molecule has 2 heteroatoms. The van der Waals surface area contributed by atoms with Crippen LogP contribution < -0.4 is 4.74 Å². The fourth-order valence-electron chi connectivity index (χ4n) is 1.58. The van der Waals surface area contributed by atoms with Crippen molar-refractivity contribution in [2.45, 2.75) is 46.8 Å². The topological polar surface area (TPSA) is 18.5 Å². The van der Waals surface area contributed by atoms with Crippen molar-refractivity contribution in [2.24, 2.45) is 5.92 Å². The average Bonchev–Trinajstić information content (AvgIpc) is 2.29. The minimum Gasteiger partial charge on any atom is -0.465 e. The summed E-state index contributed by atoms with van der Waals surface area (Å²) in [5.41, 5.74) is 1.36. The summed E-state index contributed by atoms with van der Waals surface area (Å²) in [6.07, 6.45) is 2.11. The first-order valence-corrected chi connectivity index (χ1v) is 6.49. The molecule has 0 amide bonds. The summed E-state index contributed by atoms with van der Waals surface area (Å²) in [6.45, 7) is 9.11. The normalized spacial score (nSPS) is 12.8. The molecule has 0 saturated heterocycles. The highest BCUT2D eigenvalue weighted by Crippen LogP contribution is 2.15. The average molecular weight is 236 g/mol. The van der Waals surface area contributed by atoms with E-state index in [1.807, 2.05) is 19.1 Å². The van der Waals surface area contributed by atoms with Crippen LogP contribution in [0.15, 0.2) is 24.3 Å². The Kier molecular flexibility index (Phi) is 6.06. The SMILES string of the molecule is CCCc1ccc(OC(C)OCC(C)C)cc1. The molecule has 0 aliphatic heterocycles. The molecule has 0 N–H and O–H groups in total. The zero-order valence-corrected chi connectivity index (χ0v) is 11.4. The Labute approximate surface area is 105 Å². The van der Waals surface area contributed by atoms with Crippen LogP contribution in [0.4, 0.5) is 0 Å². The lowest BCUT2D eigenvalue weighted by Crippen LogP contribution is -2.18. The molecule has 1 aromatic rings. The van der Waals surface area contributed by atoms with Crippen LogP contribution in [0.3, 0.4) is 0 Å². The van der Waals surface area contributed by atoms with Gasteiger partial charge in [0.15, 0.2) is 6.29 Å². The molecular formula is C15H24O2. The summed E-state index contributed by atoms with van der Waals surface area (Å²) < 4.78 is 11.2. The van der Waals surface area contributed by atoms with E-state index in [9.17, 15) is 0 Å². The van der Waals surface area contributed by atoms with Crippen molar-refractivity contribution in [3.8, 4) is 5.75 Å². The maximum atomic E-state index is 5.68. The van der Waals surface area contributed by atoms with Crippen molar-refractivity contribution in [3.63, 3.8) is 0 Å². The Morgan fingerprint density at radius 2 is 1.71 bits per heavy atom. The van der Waals surface area contributed by atoms with E-state index in [4.69, 9.17) is 9.47 Å². The number of hydrogen-bond acceptors (Lipinski definition) is 2. The summed E-state index contributed by atoms with van der Waals surface area (Å²) in [6, 6.07) is 8.27. The third kappa shape index (κ3) is 5.73. The van der Waals surface area contributed by atoms with E-state index in [0.29, 0.717) is 5.92 Å². The first kappa shape index (κ1) is 14.0. The first-order valence-electron chi connectivity index (χ1n) is 6.49. The maximum absolute atomic E-state index is 5.68. The van der Waals surface area contributed by atoms with E-state index in [-0.39, 0.29) is 6.29 Å². The molecule has 0 aliphatic carbocycles. The van der Waals surface area contributed by atoms with Crippen molar-refractivity contribution in [1.82, 2.24) is 0 Å². The van der Waals surface area contributed by atoms with Crippen LogP contribution in [0.2, 0.25) is 0 Å². The summed E-state index contributed by atoms with van der Waals surface area (Å²) in [4.78, 5) is 0. The van der Waals surface area contributed by atoms with Crippen LogP contribution in [0.5, 0.6) is 5.75 Å². The smallest absolute Gasteiger partial charge is 0.196 e. The molecular weight excluding hydrogens is 212 g/mol. The Morgan fingerprint density at radius 3 is 2.24 bits per heavy atom. The van der Waals surface area contributed by atoms with Gasteiger partial charge in [0.2, 0.25) is 0 Å². The fraction of sp³-hybridized carbons (Fsp3) is 0.600. The van der Waals surface area contributed by atoms with Gasteiger partial charge in [-0.05, 0) is 37.0 Å². The number of ether oxygens (including phenoxy) is 2. The number of aryl methyl sites for hydroxylation is 1. The standard InChI is InChI=1S/C15H24O2/c1-5-6-14-7-9-15(10-8-14)17-13(4)16-11-12(2)3/h7-10,12-13H,5-6,11H2,1-4H3. The number of benzene rings is 1. The molecule has 17 heavy (non-hydrogen) atoms. The quantitative estimate of drug-likeness (QED) is 0.665. The maximum Gasteiger partial charge on any atom is 0.196 e. The molecule has 96 valence electrons. The van der Waals surface area contributed by atoms with E-state index in [0.717, 1.165) is 18.8 Å². The van der Waals surface area contributed by atoms with E-state index in [1.165, 1.54) is 12.0 Å². The highest BCUT2D eigenvalue weighted by Gasteiger charge is 2.05. The highest BCUT2D eigenvalue weighted by molar-refractivity contribution is 5.27. The van der Waals surface area contributed by atoms with Gasteiger partial charge in [-0.15, -0.1) is 0 Å². The minimum atomic E-state index is -0.186. The zero-order valence-electron chi connectivity index (χ0n) is 11.4. The Bertz CT molecular complexity index is 303. The molecule has 0 aliphatic rings. The Balaban J connectivity index is 2.40. The number of rotatable bonds is 7. The van der Waals surface area contributed by atoms with Gasteiger partial charge in [0.25, 0.3) is 0 Å². The van der Waals surface area contributed by atoms with Gasteiger partial charge in [0, 0.05) is 0 Å². The third-order valence-electron chi connectivity index (χ3n) is 2.43. The second-order valence-corrected chi connectivity index (χ2v) is 4.81. The van der Waals surface area contributed by atoms with Crippen molar-refractivity contribution in [2.75, 3.05) is 6.61 Å². The van der Waals surface area contributed by atoms with Crippen LogP contribution in [-0.4, -0.2) is 12.9 Å². The predicted octanol–water partition coefficient (Wildman–Crippen LogP) is 4.04. The molecule has 0 spiro atoms. The summed E-state index contributed by atoms with van der Waals surface area (Å²) in [5.74, 6) is 1.41. The molecule has 0 saturated carbocycles. The first-order chi connectivity index (χ1) is 8.11. The van der Waals surface area contributed by atoms with Gasteiger partial charge in [-0.2, -0.15) is 0 Å². The van der Waals surface area contributed by atoms with Gasteiger partial charge in [-0.1, -0.05) is 39.3 Å². The van der Waals surface area contributed by atoms with Crippen molar-refractivity contribution < 1.29 is 9.47 Å². The molecule has 0 radical (unpaired) electrons. The van der Waals surface area contributed by atoms with Gasteiger partial charge in [-0.3, -0.25) is 0 Å². The van der Waals surface area contributed by atoms with E-state index in [2.05, 4.69) is 32.9 Å². The molecule has 0 bridgehead atoms. The highest BCUT2D eigenvalue weighted by atomic mass is 16.7. The Hall–Kier alpha value is -1.02. The largest absolute Gasteiger partial charge is 0.465 e. The van der Waals surface area contributed by atoms with Crippen LogP contribution in [0.25, 0.3) is 0 Å². The molecule has 1 unspecified atom stereocenters. The van der Waals surface area contributed by atoms with Crippen molar-refractivity contribution >= 4 is 0 Å². The lowest BCUT2D eigenvalue weighted by Gasteiger charge is -2.16. The summed E-state index contributed by atoms with van der Waals surface area (Å²) in [7, 11) is 0. The summed E-state index contributed by atoms with van der Waals surface area (Å²) >= 11 is 0. The lowest BCUT2D eigenvalue weighted by atomic mass is 10.1. The van der Waals surface area contributed by atoms with Gasteiger partial charge in [0.1, 0.15) is 5.75 Å². The molecule has 1 aromatic carbocycles. The lowest BCUT2D eigenvalue weighted by molar-refractivity contribution is -0.0755. The molecule has 0 heterocycles. The van der Waals surface area contributed by atoms with Crippen LogP contribution in [0.1, 0.15) is 39.7 Å². The zero-order chi connectivity index (χ0) is 12.7. The minimum absolute atomic E-state index is 0.186. The molecule has 2 nitrogen and oxygen atoms in total. The van der Waals surface area contributed by atoms with Gasteiger partial charge >= 0.3 is 0 Å². The monoisotopic (exact) mass is 236 g/mol. The van der Waals surface area contributed by atoms with Gasteiger partial charge in [0.05, 0.1) is 6.61 Å². The third-order valence-corrected chi connectivity index (χ3v) is 2.43. The van der Waals surface area contributed by atoms with E-state index in [1.54, 1.807) is 0 Å². The fourth-order valence-corrected chi connectivity index (χ4v) is 1.58. The Morgan fingerprint density at radius 1 is 1.06 bits per heavy atom. The molecule has 1 rings (SSSR count). The van der Waals surface area contributed by atoms with Crippen molar-refractivity contribution in [3.05, 3.63) is 29.8 Å². The second-order valence-electron chi connectivity index (χ2n) is 4.81. The van der Waals surface area contributed by atoms with Crippen LogP contribution in [-0.2, 0) is 11.2 Å². The van der Waals surface area contributed by atoms with E-state index >= 15 is 0 Å². The second kappa shape index (κ2) is 7.33. The van der Waals surface area contributed by atoms with Crippen molar-refractivity contribution in [1.29, 1.82) is 0 Å². The van der Waals surface area contributed by atoms with Gasteiger partial charge in [-0.25, -0.2) is 0 Å². The predicted molar refractivity (Wildman–Crippen MR) is 71.3 cm³/mol.